The van der Waals surface area contributed by atoms with Gasteiger partial charge in [0.1, 0.15) is 4.90 Å². The van der Waals surface area contributed by atoms with Crippen molar-refractivity contribution in [2.24, 2.45) is 11.1 Å². The van der Waals surface area contributed by atoms with Crippen LogP contribution in [-0.4, -0.2) is 42.1 Å². The van der Waals surface area contributed by atoms with E-state index >= 15 is 0 Å². The molecule has 142 valence electrons. The average molecular weight is 402 g/mol. The number of primary sulfonamides is 1. The van der Waals surface area contributed by atoms with Crippen molar-refractivity contribution in [3.63, 3.8) is 0 Å². The molecule has 3 N–H and O–H groups in total. The quantitative estimate of drug-likeness (QED) is 0.771. The lowest BCUT2D eigenvalue weighted by Crippen LogP contribution is -2.27. The van der Waals surface area contributed by atoms with Crippen molar-refractivity contribution in [2.45, 2.75) is 28.1 Å². The topological polar surface area (TPSA) is 116 Å². The SMILES string of the molecule is NS(=O)(=O)c1ccc(NCC2CCOCC2)c(S(=O)(=O)C(F)(F)F)c1. The molecule has 1 aromatic carbocycles. The Kier molecular flexibility index (Phi) is 5.66. The van der Waals surface area contributed by atoms with Crippen molar-refractivity contribution >= 4 is 25.5 Å². The number of hydrogen-bond acceptors (Lipinski definition) is 6. The summed E-state index contributed by atoms with van der Waals surface area (Å²) >= 11 is 0. The molecule has 1 aromatic rings. The van der Waals surface area contributed by atoms with E-state index in [9.17, 15) is 30.0 Å². The van der Waals surface area contributed by atoms with Crippen molar-refractivity contribution < 1.29 is 34.7 Å². The Bertz CT molecular complexity index is 832. The molecule has 0 amide bonds. The summed E-state index contributed by atoms with van der Waals surface area (Å²) in [6.45, 7) is 1.27. The Hall–Kier alpha value is -1.37. The number of nitrogens with two attached hydrogens (primary N) is 1. The molecule has 0 bridgehead atoms. The van der Waals surface area contributed by atoms with Crippen LogP contribution < -0.4 is 10.5 Å². The van der Waals surface area contributed by atoms with Crippen LogP contribution >= 0.6 is 0 Å². The summed E-state index contributed by atoms with van der Waals surface area (Å²) in [4.78, 5) is -1.88. The summed E-state index contributed by atoms with van der Waals surface area (Å²) < 4.78 is 90.2. The summed E-state index contributed by atoms with van der Waals surface area (Å²) in [6.07, 6.45) is 1.37. The first-order valence-electron chi connectivity index (χ1n) is 7.23. The van der Waals surface area contributed by atoms with Gasteiger partial charge in [0.2, 0.25) is 10.0 Å². The van der Waals surface area contributed by atoms with E-state index in [1.54, 1.807) is 0 Å². The van der Waals surface area contributed by atoms with Crippen molar-refractivity contribution in [2.75, 3.05) is 25.1 Å². The van der Waals surface area contributed by atoms with E-state index in [0.29, 0.717) is 32.1 Å². The van der Waals surface area contributed by atoms with E-state index in [0.717, 1.165) is 12.1 Å². The first kappa shape index (κ1) is 19.9. The average Bonchev–Trinajstić information content (AvgIpc) is 2.51. The van der Waals surface area contributed by atoms with Crippen LogP contribution in [0.15, 0.2) is 28.0 Å². The van der Waals surface area contributed by atoms with Crippen LogP contribution in [0.25, 0.3) is 0 Å². The van der Waals surface area contributed by atoms with Crippen LogP contribution in [0.5, 0.6) is 0 Å². The van der Waals surface area contributed by atoms with Crippen molar-refractivity contribution in [1.82, 2.24) is 0 Å². The van der Waals surface area contributed by atoms with Crippen molar-refractivity contribution in [3.8, 4) is 0 Å². The van der Waals surface area contributed by atoms with Gasteiger partial charge in [0.15, 0.2) is 0 Å². The van der Waals surface area contributed by atoms with Gasteiger partial charge in [-0.1, -0.05) is 0 Å². The van der Waals surface area contributed by atoms with E-state index in [1.165, 1.54) is 0 Å². The summed E-state index contributed by atoms with van der Waals surface area (Å²) in [5.74, 6) is 0.105. The van der Waals surface area contributed by atoms with E-state index < -0.39 is 35.2 Å². The molecule has 2 rings (SSSR count). The molecule has 1 heterocycles. The number of ether oxygens (including phenoxy) is 1. The molecular formula is C13H17F3N2O5S2. The van der Waals surface area contributed by atoms with Crippen LogP contribution in [0.4, 0.5) is 18.9 Å². The molecule has 0 radical (unpaired) electrons. The summed E-state index contributed by atoms with van der Waals surface area (Å²) in [6, 6.07) is 2.35. The second-order valence-electron chi connectivity index (χ2n) is 5.59. The zero-order chi connectivity index (χ0) is 18.9. The van der Waals surface area contributed by atoms with Gasteiger partial charge in [0.25, 0.3) is 9.84 Å². The zero-order valence-electron chi connectivity index (χ0n) is 12.9. The summed E-state index contributed by atoms with van der Waals surface area (Å²) in [5.41, 5.74) is -5.89. The predicted octanol–water partition coefficient (Wildman–Crippen LogP) is 1.47. The zero-order valence-corrected chi connectivity index (χ0v) is 14.5. The molecule has 1 fully saturated rings. The highest BCUT2D eigenvalue weighted by Gasteiger charge is 2.48. The molecule has 0 saturated carbocycles. The van der Waals surface area contributed by atoms with Crippen LogP contribution in [-0.2, 0) is 24.6 Å². The monoisotopic (exact) mass is 402 g/mol. The number of nitrogens with one attached hydrogen (secondary N) is 1. The predicted molar refractivity (Wildman–Crippen MR) is 83.1 cm³/mol. The minimum Gasteiger partial charge on any atom is -0.384 e. The maximum atomic E-state index is 12.9. The number of halogens is 3. The van der Waals surface area contributed by atoms with Gasteiger partial charge in [0, 0.05) is 19.8 Å². The standard InChI is InChI=1S/C13H17F3N2O5S2/c14-13(15,16)24(19,20)12-7-10(25(17,21)22)1-2-11(12)18-8-9-3-5-23-6-4-9/h1-2,7,9,18H,3-6,8H2,(H2,17,21,22). The van der Waals surface area contributed by atoms with E-state index in [1.807, 2.05) is 0 Å². The Morgan fingerprint density at radius 3 is 2.28 bits per heavy atom. The first-order chi connectivity index (χ1) is 11.4. The molecule has 1 aliphatic heterocycles. The van der Waals surface area contributed by atoms with Crippen LogP contribution in [0, 0.1) is 5.92 Å². The Morgan fingerprint density at radius 2 is 1.76 bits per heavy atom. The van der Waals surface area contributed by atoms with Gasteiger partial charge in [0.05, 0.1) is 10.6 Å². The Balaban J connectivity index is 2.41. The Labute approximate surface area is 143 Å². The lowest BCUT2D eigenvalue weighted by atomic mass is 10.0. The van der Waals surface area contributed by atoms with Crippen LogP contribution in [0.1, 0.15) is 12.8 Å². The number of rotatable bonds is 5. The minimum absolute atomic E-state index is 0.105. The van der Waals surface area contributed by atoms with Gasteiger partial charge < -0.3 is 10.1 Å². The van der Waals surface area contributed by atoms with Crippen LogP contribution in [0.3, 0.4) is 0 Å². The third-order valence-corrected chi connectivity index (χ3v) is 6.24. The summed E-state index contributed by atoms with van der Waals surface area (Å²) in [7, 11) is -10.1. The fourth-order valence-corrected chi connectivity index (χ4v) is 3.95. The number of alkyl halides is 3. The van der Waals surface area contributed by atoms with E-state index in [2.05, 4.69) is 5.32 Å². The largest absolute Gasteiger partial charge is 0.501 e. The molecule has 12 heteroatoms. The van der Waals surface area contributed by atoms with Gasteiger partial charge in [-0.25, -0.2) is 22.0 Å². The smallest absolute Gasteiger partial charge is 0.384 e. The molecule has 7 nitrogen and oxygen atoms in total. The van der Waals surface area contributed by atoms with Gasteiger partial charge in [-0.05, 0) is 37.0 Å². The third kappa shape index (κ3) is 4.63. The van der Waals surface area contributed by atoms with Crippen LogP contribution in [0.2, 0.25) is 0 Å². The molecule has 1 saturated heterocycles. The second kappa shape index (κ2) is 7.09. The molecule has 0 atom stereocenters. The lowest BCUT2D eigenvalue weighted by Gasteiger charge is -2.23. The van der Waals surface area contributed by atoms with Crippen molar-refractivity contribution in [3.05, 3.63) is 18.2 Å². The normalized spacial score (nSPS) is 17.4. The highest BCUT2D eigenvalue weighted by molar-refractivity contribution is 7.92. The fraction of sp³-hybridized carbons (Fsp3) is 0.538. The van der Waals surface area contributed by atoms with Gasteiger partial charge >= 0.3 is 5.51 Å². The molecule has 1 aliphatic rings. The number of benzene rings is 1. The van der Waals surface area contributed by atoms with Gasteiger partial charge in [-0.15, -0.1) is 0 Å². The maximum absolute atomic E-state index is 12.9. The number of sulfone groups is 1. The fourth-order valence-electron chi connectivity index (χ4n) is 2.38. The molecular weight excluding hydrogens is 385 g/mol. The number of sulfonamides is 1. The molecule has 0 aromatic heterocycles. The molecule has 0 unspecified atom stereocenters. The summed E-state index contributed by atoms with van der Waals surface area (Å²) in [5, 5.41) is 7.55. The highest BCUT2D eigenvalue weighted by atomic mass is 32.2. The van der Waals surface area contributed by atoms with Gasteiger partial charge in [-0.2, -0.15) is 13.2 Å². The number of anilines is 1. The van der Waals surface area contributed by atoms with E-state index in [-0.39, 0.29) is 18.2 Å². The third-order valence-electron chi connectivity index (χ3n) is 3.80. The molecule has 0 aliphatic carbocycles. The first-order valence-corrected chi connectivity index (χ1v) is 10.3. The highest BCUT2D eigenvalue weighted by Crippen LogP contribution is 2.35. The van der Waals surface area contributed by atoms with Gasteiger partial charge in [-0.3, -0.25) is 0 Å². The Morgan fingerprint density at radius 1 is 1.16 bits per heavy atom. The molecule has 0 spiro atoms. The lowest BCUT2D eigenvalue weighted by molar-refractivity contribution is -0.0435. The number of hydrogen-bond donors (Lipinski definition) is 2. The van der Waals surface area contributed by atoms with Crippen molar-refractivity contribution in [1.29, 1.82) is 0 Å². The second-order valence-corrected chi connectivity index (χ2v) is 9.06. The maximum Gasteiger partial charge on any atom is 0.501 e. The van der Waals surface area contributed by atoms with E-state index in [4.69, 9.17) is 9.88 Å². The molecule has 25 heavy (non-hydrogen) atoms. The minimum atomic E-state index is -5.75.